The molecule has 0 bridgehead atoms. The van der Waals surface area contributed by atoms with Crippen LogP contribution in [0.5, 0.6) is 11.5 Å². The third-order valence-electron chi connectivity index (χ3n) is 2.80. The van der Waals surface area contributed by atoms with E-state index in [4.69, 9.17) is 27.4 Å². The second-order valence-corrected chi connectivity index (χ2v) is 5.53. The Balaban J connectivity index is 1.85. The second-order valence-electron chi connectivity index (χ2n) is 4.24. The molecular weight excluding hydrogens is 302 g/mol. The van der Waals surface area contributed by atoms with Gasteiger partial charge in [0, 0.05) is 10.5 Å². The minimum absolute atomic E-state index is 0.366. The minimum atomic E-state index is 0.366. The van der Waals surface area contributed by atoms with Crippen molar-refractivity contribution < 1.29 is 9.47 Å². The van der Waals surface area contributed by atoms with Crippen LogP contribution in [0.3, 0.4) is 0 Å². The van der Waals surface area contributed by atoms with Crippen LogP contribution in [0.4, 0.5) is 0 Å². The largest absolute Gasteiger partial charge is 0.490 e. The van der Waals surface area contributed by atoms with E-state index in [0.717, 1.165) is 22.0 Å². The molecule has 2 N–H and O–H groups in total. The monoisotopic (exact) mass is 319 g/mol. The molecule has 0 spiro atoms. The molecule has 5 heteroatoms. The Bertz CT molecular complexity index is 617. The zero-order chi connectivity index (χ0) is 15.1. The summed E-state index contributed by atoms with van der Waals surface area (Å²) >= 11 is 6.60. The summed E-state index contributed by atoms with van der Waals surface area (Å²) in [6, 6.07) is 15.4. The highest BCUT2D eigenvalue weighted by atomic mass is 32.2. The molecule has 0 aromatic heterocycles. The van der Waals surface area contributed by atoms with Crippen molar-refractivity contribution in [1.29, 1.82) is 0 Å². The molecule has 2 aromatic carbocycles. The normalized spacial score (nSPS) is 10.1. The lowest BCUT2D eigenvalue weighted by Gasteiger charge is -2.11. The molecule has 0 atom stereocenters. The standard InChI is InChI=1S/C16H17NO2S2/c1-21-15-8-3-2-7-14(15)19-10-9-18-13-6-4-5-12(11-13)16(17)20/h2-8,11H,9-10H2,1H3,(H2,17,20). The molecule has 0 heterocycles. The molecule has 2 rings (SSSR count). The maximum atomic E-state index is 5.73. The van der Waals surface area contributed by atoms with E-state index in [1.807, 2.05) is 54.8 Å². The lowest BCUT2D eigenvalue weighted by Crippen LogP contribution is -2.11. The number of hydrogen-bond acceptors (Lipinski definition) is 4. The van der Waals surface area contributed by atoms with Gasteiger partial charge in [0.1, 0.15) is 29.7 Å². The molecule has 0 saturated heterocycles. The molecule has 0 saturated carbocycles. The highest BCUT2D eigenvalue weighted by Crippen LogP contribution is 2.26. The maximum absolute atomic E-state index is 5.73. The smallest absolute Gasteiger partial charge is 0.133 e. The van der Waals surface area contributed by atoms with Crippen LogP contribution in [0, 0.1) is 0 Å². The fourth-order valence-corrected chi connectivity index (χ4v) is 2.46. The van der Waals surface area contributed by atoms with Crippen LogP contribution >= 0.6 is 24.0 Å². The molecule has 0 aliphatic carbocycles. The van der Waals surface area contributed by atoms with Gasteiger partial charge in [-0.1, -0.05) is 36.5 Å². The van der Waals surface area contributed by atoms with Crippen molar-refractivity contribution in [3.8, 4) is 11.5 Å². The van der Waals surface area contributed by atoms with E-state index < -0.39 is 0 Å². The number of ether oxygens (including phenoxy) is 2. The molecule has 110 valence electrons. The molecule has 2 aromatic rings. The molecule has 0 fully saturated rings. The van der Waals surface area contributed by atoms with Gasteiger partial charge in [0.05, 0.1) is 0 Å². The number of nitrogens with two attached hydrogens (primary N) is 1. The summed E-state index contributed by atoms with van der Waals surface area (Å²) in [7, 11) is 0. The first-order chi connectivity index (χ1) is 10.2. The third kappa shape index (κ3) is 4.65. The van der Waals surface area contributed by atoms with Gasteiger partial charge < -0.3 is 15.2 Å². The summed E-state index contributed by atoms with van der Waals surface area (Å²) in [5, 5.41) is 0. The fourth-order valence-electron chi connectivity index (χ4n) is 1.79. The summed E-state index contributed by atoms with van der Waals surface area (Å²) < 4.78 is 11.4. The first kappa shape index (κ1) is 15.7. The van der Waals surface area contributed by atoms with Crippen molar-refractivity contribution in [1.82, 2.24) is 0 Å². The summed E-state index contributed by atoms with van der Waals surface area (Å²) in [6.45, 7) is 0.943. The van der Waals surface area contributed by atoms with Gasteiger partial charge in [-0.15, -0.1) is 11.8 Å². The van der Waals surface area contributed by atoms with Crippen LogP contribution in [0.25, 0.3) is 0 Å². The van der Waals surface area contributed by atoms with Crippen molar-refractivity contribution in [2.75, 3.05) is 19.5 Å². The van der Waals surface area contributed by atoms with Gasteiger partial charge in [0.2, 0.25) is 0 Å². The molecule has 0 unspecified atom stereocenters. The number of benzene rings is 2. The van der Waals surface area contributed by atoms with Gasteiger partial charge in [-0.3, -0.25) is 0 Å². The third-order valence-corrected chi connectivity index (χ3v) is 3.81. The molecule has 0 amide bonds. The first-order valence-corrected chi connectivity index (χ1v) is 8.12. The highest BCUT2D eigenvalue weighted by Gasteiger charge is 2.02. The average Bonchev–Trinajstić information content (AvgIpc) is 2.52. The summed E-state index contributed by atoms with van der Waals surface area (Å²) in [6.07, 6.45) is 2.03. The predicted molar refractivity (Wildman–Crippen MR) is 91.5 cm³/mol. The van der Waals surface area contributed by atoms with Crippen LogP contribution in [0.15, 0.2) is 53.4 Å². The van der Waals surface area contributed by atoms with Crippen molar-refractivity contribution in [3.05, 3.63) is 54.1 Å². The summed E-state index contributed by atoms with van der Waals surface area (Å²) in [5.41, 5.74) is 6.40. The Hall–Kier alpha value is -1.72. The van der Waals surface area contributed by atoms with E-state index in [0.29, 0.717) is 18.2 Å². The van der Waals surface area contributed by atoms with E-state index in [2.05, 4.69) is 0 Å². The number of rotatable bonds is 7. The Labute approximate surface area is 134 Å². The van der Waals surface area contributed by atoms with Crippen LogP contribution in [-0.4, -0.2) is 24.5 Å². The van der Waals surface area contributed by atoms with E-state index >= 15 is 0 Å². The summed E-state index contributed by atoms with van der Waals surface area (Å²) in [5.74, 6) is 1.62. The van der Waals surface area contributed by atoms with E-state index in [9.17, 15) is 0 Å². The number of para-hydroxylation sites is 1. The van der Waals surface area contributed by atoms with E-state index in [1.165, 1.54) is 0 Å². The molecule has 0 aliphatic rings. The average molecular weight is 319 g/mol. The Morgan fingerprint density at radius 1 is 1.10 bits per heavy atom. The van der Waals surface area contributed by atoms with Gasteiger partial charge in [0.15, 0.2) is 0 Å². The van der Waals surface area contributed by atoms with Gasteiger partial charge in [0.25, 0.3) is 0 Å². The van der Waals surface area contributed by atoms with Gasteiger partial charge in [-0.25, -0.2) is 0 Å². The Kier molecular flexibility index (Phi) is 5.90. The van der Waals surface area contributed by atoms with Gasteiger partial charge in [-0.05, 0) is 30.5 Å². The van der Waals surface area contributed by atoms with Crippen molar-refractivity contribution >= 4 is 29.0 Å². The predicted octanol–water partition coefficient (Wildman–Crippen LogP) is 3.50. The SMILES string of the molecule is CSc1ccccc1OCCOc1cccc(C(N)=S)c1. The van der Waals surface area contributed by atoms with Crippen LogP contribution in [0.2, 0.25) is 0 Å². The molecule has 21 heavy (non-hydrogen) atoms. The van der Waals surface area contributed by atoms with Crippen LogP contribution in [0.1, 0.15) is 5.56 Å². The van der Waals surface area contributed by atoms with Crippen molar-refractivity contribution in [2.24, 2.45) is 5.73 Å². The maximum Gasteiger partial charge on any atom is 0.133 e. The van der Waals surface area contributed by atoms with E-state index in [1.54, 1.807) is 11.8 Å². The molecular formula is C16H17NO2S2. The van der Waals surface area contributed by atoms with Crippen molar-refractivity contribution in [2.45, 2.75) is 4.90 Å². The van der Waals surface area contributed by atoms with E-state index in [-0.39, 0.29) is 0 Å². The number of hydrogen-bond donors (Lipinski definition) is 1. The zero-order valence-corrected chi connectivity index (χ0v) is 13.4. The molecule has 3 nitrogen and oxygen atoms in total. The Morgan fingerprint density at radius 3 is 2.62 bits per heavy atom. The lowest BCUT2D eigenvalue weighted by atomic mass is 10.2. The van der Waals surface area contributed by atoms with Gasteiger partial charge >= 0.3 is 0 Å². The number of thioether (sulfide) groups is 1. The number of thiocarbonyl (C=S) groups is 1. The highest BCUT2D eigenvalue weighted by molar-refractivity contribution is 7.98. The van der Waals surface area contributed by atoms with Crippen LogP contribution < -0.4 is 15.2 Å². The quantitative estimate of drug-likeness (QED) is 0.481. The molecule has 0 aliphatic heterocycles. The summed E-state index contributed by atoms with van der Waals surface area (Å²) in [4.78, 5) is 1.48. The second kappa shape index (κ2) is 7.90. The van der Waals surface area contributed by atoms with Gasteiger partial charge in [-0.2, -0.15) is 0 Å². The van der Waals surface area contributed by atoms with Crippen molar-refractivity contribution in [3.63, 3.8) is 0 Å². The van der Waals surface area contributed by atoms with Crippen LogP contribution in [-0.2, 0) is 0 Å². The zero-order valence-electron chi connectivity index (χ0n) is 11.7. The topological polar surface area (TPSA) is 44.5 Å². The minimum Gasteiger partial charge on any atom is -0.490 e. The lowest BCUT2D eigenvalue weighted by molar-refractivity contribution is 0.214. The molecule has 0 radical (unpaired) electrons. The Morgan fingerprint density at radius 2 is 1.86 bits per heavy atom. The first-order valence-electron chi connectivity index (χ1n) is 6.49. The fraction of sp³-hybridized carbons (Fsp3) is 0.188.